The highest BCUT2D eigenvalue weighted by atomic mass is 16.3. The van der Waals surface area contributed by atoms with Crippen LogP contribution in [0.5, 0.6) is 0 Å². The van der Waals surface area contributed by atoms with Gasteiger partial charge in [0.25, 0.3) is 0 Å². The van der Waals surface area contributed by atoms with Gasteiger partial charge in [0.05, 0.1) is 6.10 Å². The van der Waals surface area contributed by atoms with E-state index < -0.39 is 0 Å². The zero-order chi connectivity index (χ0) is 13.1. The normalized spacial score (nSPS) is 29.4. The van der Waals surface area contributed by atoms with Crippen LogP contribution >= 0.6 is 0 Å². The van der Waals surface area contributed by atoms with E-state index in [0.717, 1.165) is 12.0 Å². The first kappa shape index (κ1) is 13.5. The highest BCUT2D eigenvalue weighted by Gasteiger charge is 2.28. The van der Waals surface area contributed by atoms with Crippen LogP contribution in [0.2, 0.25) is 0 Å². The van der Waals surface area contributed by atoms with Crippen molar-refractivity contribution in [1.82, 2.24) is 10.9 Å². The summed E-state index contributed by atoms with van der Waals surface area (Å²) >= 11 is 0. The van der Waals surface area contributed by atoms with Crippen LogP contribution in [-0.4, -0.2) is 17.2 Å². The fourth-order valence-electron chi connectivity index (χ4n) is 2.71. The van der Waals surface area contributed by atoms with E-state index in [1.165, 1.54) is 12.0 Å². The molecule has 18 heavy (non-hydrogen) atoms. The Hall–Kier alpha value is -0.900. The summed E-state index contributed by atoms with van der Waals surface area (Å²) in [5, 5.41) is 9.47. The molecule has 100 valence electrons. The summed E-state index contributed by atoms with van der Waals surface area (Å²) in [6.07, 6.45) is 1.92. The van der Waals surface area contributed by atoms with Gasteiger partial charge in [-0.25, -0.2) is 0 Å². The number of nitrogens with one attached hydrogen (secondary N) is 2. The summed E-state index contributed by atoms with van der Waals surface area (Å²) in [6, 6.07) is 9.39. The molecule has 1 aromatic rings. The fraction of sp³-hybridized carbons (Fsp3) is 0.600. The number of hydrogen-bond donors (Lipinski definition) is 3. The molecule has 1 aliphatic rings. The minimum Gasteiger partial charge on any atom is -0.389 e. The second-order valence-corrected chi connectivity index (χ2v) is 5.49. The highest BCUT2D eigenvalue weighted by molar-refractivity contribution is 5.24. The van der Waals surface area contributed by atoms with Crippen molar-refractivity contribution in [2.75, 3.05) is 0 Å². The summed E-state index contributed by atoms with van der Waals surface area (Å²) in [5.41, 5.74) is 8.94. The van der Waals surface area contributed by atoms with E-state index in [-0.39, 0.29) is 6.10 Å². The number of benzene rings is 1. The van der Waals surface area contributed by atoms with Gasteiger partial charge in [0, 0.05) is 12.1 Å². The van der Waals surface area contributed by atoms with Crippen LogP contribution in [-0.2, 0) is 6.42 Å². The molecule has 3 nitrogen and oxygen atoms in total. The number of aryl methyl sites for hydroxylation is 1. The molecule has 0 spiro atoms. The van der Waals surface area contributed by atoms with E-state index >= 15 is 0 Å². The Kier molecular flexibility index (Phi) is 4.38. The Balaban J connectivity index is 1.90. The number of rotatable bonds is 4. The average molecular weight is 248 g/mol. The maximum absolute atomic E-state index is 9.47. The second kappa shape index (κ2) is 5.83. The van der Waals surface area contributed by atoms with Gasteiger partial charge in [-0.05, 0) is 50.7 Å². The van der Waals surface area contributed by atoms with Gasteiger partial charge in [-0.3, -0.25) is 10.9 Å². The van der Waals surface area contributed by atoms with Crippen molar-refractivity contribution in [3.8, 4) is 0 Å². The van der Waals surface area contributed by atoms with Crippen LogP contribution in [0.15, 0.2) is 24.3 Å². The van der Waals surface area contributed by atoms with Gasteiger partial charge in [-0.15, -0.1) is 0 Å². The molecule has 2 rings (SSSR count). The van der Waals surface area contributed by atoms with Crippen molar-refractivity contribution in [3.05, 3.63) is 35.4 Å². The molecule has 1 heterocycles. The molecule has 0 amide bonds. The van der Waals surface area contributed by atoms with Gasteiger partial charge >= 0.3 is 0 Å². The summed E-state index contributed by atoms with van der Waals surface area (Å²) in [6.45, 7) is 6.27. The van der Waals surface area contributed by atoms with Crippen molar-refractivity contribution in [2.24, 2.45) is 5.92 Å². The third-order valence-electron chi connectivity index (χ3n) is 4.05. The molecule has 3 N–H and O–H groups in total. The summed E-state index contributed by atoms with van der Waals surface area (Å²) < 4.78 is 0. The van der Waals surface area contributed by atoms with Crippen LogP contribution in [0.4, 0.5) is 0 Å². The predicted molar refractivity (Wildman–Crippen MR) is 74.1 cm³/mol. The van der Waals surface area contributed by atoms with Crippen molar-refractivity contribution in [3.63, 3.8) is 0 Å². The van der Waals surface area contributed by atoms with Crippen LogP contribution in [0.3, 0.4) is 0 Å². The Morgan fingerprint density at radius 3 is 2.17 bits per heavy atom. The number of aliphatic hydroxyl groups is 1. The first-order chi connectivity index (χ1) is 8.58. The fourth-order valence-corrected chi connectivity index (χ4v) is 2.71. The number of hydrogen-bond acceptors (Lipinski definition) is 3. The van der Waals surface area contributed by atoms with Crippen LogP contribution in [0, 0.1) is 5.92 Å². The lowest BCUT2D eigenvalue weighted by Crippen LogP contribution is -2.30. The van der Waals surface area contributed by atoms with Crippen LogP contribution in [0.25, 0.3) is 0 Å². The van der Waals surface area contributed by atoms with Gasteiger partial charge in [0.2, 0.25) is 0 Å². The van der Waals surface area contributed by atoms with Crippen molar-refractivity contribution >= 4 is 0 Å². The maximum Gasteiger partial charge on any atom is 0.0761 e. The van der Waals surface area contributed by atoms with Crippen LogP contribution in [0.1, 0.15) is 44.4 Å². The van der Waals surface area contributed by atoms with E-state index in [2.05, 4.69) is 36.8 Å². The van der Waals surface area contributed by atoms with Gasteiger partial charge in [-0.2, -0.15) is 0 Å². The molecule has 0 bridgehead atoms. The zero-order valence-corrected chi connectivity index (χ0v) is 11.5. The monoisotopic (exact) mass is 248 g/mol. The minimum absolute atomic E-state index is 0.373. The lowest BCUT2D eigenvalue weighted by Gasteiger charge is -2.17. The van der Waals surface area contributed by atoms with Crippen LogP contribution < -0.4 is 10.9 Å². The van der Waals surface area contributed by atoms with Gasteiger partial charge in [0.15, 0.2) is 0 Å². The SMILES string of the molecule is CC(O)c1ccc(CCC2C(C)NNC2C)cc1. The van der Waals surface area contributed by atoms with E-state index in [4.69, 9.17) is 0 Å². The van der Waals surface area contributed by atoms with Gasteiger partial charge < -0.3 is 5.11 Å². The van der Waals surface area contributed by atoms with E-state index in [1.807, 2.05) is 12.1 Å². The summed E-state index contributed by atoms with van der Waals surface area (Å²) in [4.78, 5) is 0. The summed E-state index contributed by atoms with van der Waals surface area (Å²) in [5.74, 6) is 0.682. The topological polar surface area (TPSA) is 44.3 Å². The lowest BCUT2D eigenvalue weighted by molar-refractivity contribution is 0.199. The molecule has 3 heteroatoms. The van der Waals surface area contributed by atoms with Gasteiger partial charge in [0.1, 0.15) is 0 Å². The highest BCUT2D eigenvalue weighted by Crippen LogP contribution is 2.21. The molecular formula is C15H24N2O. The standard InChI is InChI=1S/C15H24N2O/c1-10-15(11(2)17-16-10)9-6-13-4-7-14(8-5-13)12(3)18/h4-5,7-8,10-12,15-18H,6,9H2,1-3H3. The van der Waals surface area contributed by atoms with E-state index in [1.54, 1.807) is 6.92 Å². The largest absolute Gasteiger partial charge is 0.389 e. The Bertz CT molecular complexity index is 365. The third kappa shape index (κ3) is 3.10. The molecule has 1 aromatic carbocycles. The van der Waals surface area contributed by atoms with Gasteiger partial charge in [-0.1, -0.05) is 24.3 Å². The molecule has 3 unspecified atom stereocenters. The summed E-state index contributed by atoms with van der Waals surface area (Å²) in [7, 11) is 0. The quantitative estimate of drug-likeness (QED) is 0.765. The number of aliphatic hydroxyl groups excluding tert-OH is 1. The first-order valence-corrected chi connectivity index (χ1v) is 6.86. The Morgan fingerprint density at radius 1 is 1.11 bits per heavy atom. The minimum atomic E-state index is -0.373. The Morgan fingerprint density at radius 2 is 1.67 bits per heavy atom. The third-order valence-corrected chi connectivity index (χ3v) is 4.05. The molecular weight excluding hydrogens is 224 g/mol. The lowest BCUT2D eigenvalue weighted by atomic mass is 9.90. The van der Waals surface area contributed by atoms with Crippen molar-refractivity contribution in [2.45, 2.75) is 51.8 Å². The molecule has 1 fully saturated rings. The van der Waals surface area contributed by atoms with E-state index in [0.29, 0.717) is 18.0 Å². The Labute approximate surface area is 110 Å². The van der Waals surface area contributed by atoms with E-state index in [9.17, 15) is 5.11 Å². The molecule has 0 aromatic heterocycles. The number of hydrazine groups is 1. The predicted octanol–water partition coefficient (Wildman–Crippen LogP) is 2.17. The molecule has 0 saturated carbocycles. The van der Waals surface area contributed by atoms with Crippen molar-refractivity contribution < 1.29 is 5.11 Å². The smallest absolute Gasteiger partial charge is 0.0761 e. The average Bonchev–Trinajstić information content (AvgIpc) is 2.67. The second-order valence-electron chi connectivity index (χ2n) is 5.49. The molecule has 1 saturated heterocycles. The molecule has 0 aliphatic carbocycles. The molecule has 0 radical (unpaired) electrons. The zero-order valence-electron chi connectivity index (χ0n) is 11.5. The first-order valence-electron chi connectivity index (χ1n) is 6.86. The molecule has 3 atom stereocenters. The molecule has 1 aliphatic heterocycles. The maximum atomic E-state index is 9.47. The van der Waals surface area contributed by atoms with Crippen molar-refractivity contribution in [1.29, 1.82) is 0 Å².